The number of para-hydroxylation sites is 1. The molecule has 0 spiro atoms. The number of carbonyl (C=O) groups is 1. The molecule has 0 unspecified atom stereocenters. The van der Waals surface area contributed by atoms with Gasteiger partial charge in [0, 0.05) is 5.56 Å². The van der Waals surface area contributed by atoms with Crippen LogP contribution in [0.3, 0.4) is 0 Å². The molecular formula is C34H32Cl2N2O6S. The maximum Gasteiger partial charge on any atom is 0.338 e. The number of fused-ring (bicyclic) bond motifs is 1. The molecule has 5 rings (SSSR count). The molecule has 1 aromatic heterocycles. The van der Waals surface area contributed by atoms with E-state index in [0.29, 0.717) is 59.9 Å². The van der Waals surface area contributed by atoms with Crippen LogP contribution in [0.4, 0.5) is 0 Å². The Morgan fingerprint density at radius 2 is 1.76 bits per heavy atom. The molecule has 234 valence electrons. The van der Waals surface area contributed by atoms with E-state index in [1.807, 2.05) is 43.3 Å². The van der Waals surface area contributed by atoms with Gasteiger partial charge in [-0.25, -0.2) is 9.79 Å². The molecule has 0 amide bonds. The van der Waals surface area contributed by atoms with Crippen molar-refractivity contribution in [1.82, 2.24) is 4.57 Å². The molecule has 0 saturated heterocycles. The highest BCUT2D eigenvalue weighted by Gasteiger charge is 2.35. The Morgan fingerprint density at radius 3 is 2.47 bits per heavy atom. The van der Waals surface area contributed by atoms with Crippen LogP contribution in [0.2, 0.25) is 10.0 Å². The SMILES string of the molecule is CCCC1=C(C(=O)OCC)[C@@H](c2ccccc2OC)n2c(s/c(=C\c3ccc(OCc4ccc(Cl)c(Cl)c4)c(OC)c3)c2=O)=N1. The average Bonchev–Trinajstić information content (AvgIpc) is 3.35. The zero-order valence-electron chi connectivity index (χ0n) is 25.3. The van der Waals surface area contributed by atoms with Crippen molar-refractivity contribution in [2.45, 2.75) is 39.3 Å². The van der Waals surface area contributed by atoms with Crippen LogP contribution < -0.4 is 29.1 Å². The second-order valence-corrected chi connectivity index (χ2v) is 11.9. The van der Waals surface area contributed by atoms with Crippen LogP contribution in [-0.4, -0.2) is 31.4 Å². The van der Waals surface area contributed by atoms with Crippen molar-refractivity contribution < 1.29 is 23.7 Å². The number of rotatable bonds is 11. The van der Waals surface area contributed by atoms with Gasteiger partial charge in [0.05, 0.1) is 46.7 Å². The second kappa shape index (κ2) is 14.4. The first kappa shape index (κ1) is 32.3. The summed E-state index contributed by atoms with van der Waals surface area (Å²) in [4.78, 5) is 32.9. The van der Waals surface area contributed by atoms with E-state index in [2.05, 4.69) is 0 Å². The van der Waals surface area contributed by atoms with Gasteiger partial charge in [0.1, 0.15) is 18.4 Å². The maximum atomic E-state index is 14.1. The summed E-state index contributed by atoms with van der Waals surface area (Å²) in [6.07, 6.45) is 3.09. The van der Waals surface area contributed by atoms with Crippen LogP contribution in [0, 0.1) is 0 Å². The number of aromatic nitrogens is 1. The summed E-state index contributed by atoms with van der Waals surface area (Å²) >= 11 is 13.4. The van der Waals surface area contributed by atoms with Crippen molar-refractivity contribution >= 4 is 46.6 Å². The Balaban J connectivity index is 1.58. The monoisotopic (exact) mass is 666 g/mol. The molecule has 0 radical (unpaired) electrons. The second-order valence-electron chi connectivity index (χ2n) is 10.1. The van der Waals surface area contributed by atoms with E-state index < -0.39 is 12.0 Å². The van der Waals surface area contributed by atoms with E-state index in [9.17, 15) is 9.59 Å². The third-order valence-electron chi connectivity index (χ3n) is 7.19. The number of methoxy groups -OCH3 is 2. The Kier molecular flexibility index (Phi) is 10.3. The third kappa shape index (κ3) is 6.81. The molecule has 1 atom stereocenters. The summed E-state index contributed by atoms with van der Waals surface area (Å²) in [6.45, 7) is 4.23. The van der Waals surface area contributed by atoms with Crippen molar-refractivity contribution in [3.8, 4) is 17.2 Å². The minimum absolute atomic E-state index is 0.194. The molecule has 0 N–H and O–H groups in total. The Labute approximate surface area is 274 Å². The van der Waals surface area contributed by atoms with Crippen LogP contribution in [0.5, 0.6) is 17.2 Å². The normalized spacial score (nSPS) is 14.5. The van der Waals surface area contributed by atoms with Crippen LogP contribution in [0.15, 0.2) is 81.7 Å². The van der Waals surface area contributed by atoms with Crippen LogP contribution in [-0.2, 0) is 16.1 Å². The van der Waals surface area contributed by atoms with Crippen molar-refractivity contribution in [3.05, 3.63) is 118 Å². The molecule has 3 aromatic carbocycles. The van der Waals surface area contributed by atoms with Gasteiger partial charge in [0.25, 0.3) is 5.56 Å². The van der Waals surface area contributed by atoms with E-state index in [0.717, 1.165) is 17.5 Å². The van der Waals surface area contributed by atoms with Gasteiger partial charge in [0.2, 0.25) is 0 Å². The Bertz CT molecular complexity index is 1950. The molecule has 11 heteroatoms. The molecule has 0 bridgehead atoms. The Hall–Kier alpha value is -4.05. The number of hydrogen-bond acceptors (Lipinski definition) is 8. The fourth-order valence-corrected chi connectivity index (χ4v) is 6.48. The minimum atomic E-state index is -0.771. The highest BCUT2D eigenvalue weighted by Crippen LogP contribution is 2.37. The first-order valence-electron chi connectivity index (χ1n) is 14.4. The number of nitrogens with zero attached hydrogens (tertiary/aromatic N) is 2. The average molecular weight is 668 g/mol. The van der Waals surface area contributed by atoms with Crippen LogP contribution >= 0.6 is 34.5 Å². The van der Waals surface area contributed by atoms with Gasteiger partial charge < -0.3 is 18.9 Å². The maximum absolute atomic E-state index is 14.1. The number of allylic oxidation sites excluding steroid dienone is 1. The van der Waals surface area contributed by atoms with Gasteiger partial charge in [-0.15, -0.1) is 0 Å². The number of ether oxygens (including phenoxy) is 4. The summed E-state index contributed by atoms with van der Waals surface area (Å²) < 4.78 is 24.8. The Morgan fingerprint density at radius 1 is 0.978 bits per heavy atom. The highest BCUT2D eigenvalue weighted by molar-refractivity contribution is 7.07. The fourth-order valence-electron chi connectivity index (χ4n) is 5.14. The predicted octanol–water partition coefficient (Wildman–Crippen LogP) is 6.48. The smallest absolute Gasteiger partial charge is 0.338 e. The summed E-state index contributed by atoms with van der Waals surface area (Å²) in [5.74, 6) is 1.08. The van der Waals surface area contributed by atoms with E-state index in [-0.39, 0.29) is 18.8 Å². The number of esters is 1. The van der Waals surface area contributed by atoms with E-state index in [1.165, 1.54) is 11.3 Å². The van der Waals surface area contributed by atoms with Gasteiger partial charge >= 0.3 is 5.97 Å². The molecule has 1 aliphatic heterocycles. The zero-order chi connectivity index (χ0) is 32.1. The summed E-state index contributed by atoms with van der Waals surface area (Å²) in [7, 11) is 3.12. The van der Waals surface area contributed by atoms with Crippen LogP contribution in [0.1, 0.15) is 49.4 Å². The third-order valence-corrected chi connectivity index (χ3v) is 8.91. The predicted molar refractivity (Wildman–Crippen MR) is 176 cm³/mol. The van der Waals surface area contributed by atoms with Gasteiger partial charge in [-0.2, -0.15) is 0 Å². The lowest BCUT2D eigenvalue weighted by Gasteiger charge is -2.26. The molecular weight excluding hydrogens is 635 g/mol. The summed E-state index contributed by atoms with van der Waals surface area (Å²) in [5, 5.41) is 0.922. The highest BCUT2D eigenvalue weighted by atomic mass is 35.5. The van der Waals surface area contributed by atoms with Gasteiger partial charge in [-0.05, 0) is 60.9 Å². The topological polar surface area (TPSA) is 88.4 Å². The lowest BCUT2D eigenvalue weighted by atomic mass is 9.93. The van der Waals surface area contributed by atoms with Crippen LogP contribution in [0.25, 0.3) is 6.08 Å². The van der Waals surface area contributed by atoms with E-state index in [1.54, 1.807) is 56.1 Å². The molecule has 45 heavy (non-hydrogen) atoms. The summed E-state index contributed by atoms with van der Waals surface area (Å²) in [5.41, 5.74) is 2.91. The standard InChI is InChI=1S/C34H32Cl2N2O6S/c1-5-9-25-30(33(40)43-6-2)31(22-10-7-8-11-26(22)41-3)38-32(39)29(45-34(38)37-25)18-20-13-15-27(28(17-20)42-4)44-19-21-12-14-23(35)24(36)16-21/h7-8,10-18,31H,5-6,9,19H2,1-4H3/b29-18-/t31-/m1/s1. The quantitative estimate of drug-likeness (QED) is 0.170. The van der Waals surface area contributed by atoms with Gasteiger partial charge in [-0.1, -0.05) is 78.2 Å². The van der Waals surface area contributed by atoms with Crippen molar-refractivity contribution in [3.63, 3.8) is 0 Å². The molecule has 0 aliphatic carbocycles. The molecule has 2 heterocycles. The van der Waals surface area contributed by atoms with Crippen molar-refractivity contribution in [1.29, 1.82) is 0 Å². The first-order valence-corrected chi connectivity index (χ1v) is 16.0. The number of halogens is 2. The molecule has 4 aromatic rings. The molecule has 0 fully saturated rings. The molecule has 8 nitrogen and oxygen atoms in total. The number of hydrogen-bond donors (Lipinski definition) is 0. The fraction of sp³-hybridized carbons (Fsp3) is 0.265. The largest absolute Gasteiger partial charge is 0.496 e. The van der Waals surface area contributed by atoms with Gasteiger partial charge in [-0.3, -0.25) is 9.36 Å². The van der Waals surface area contributed by atoms with Crippen molar-refractivity contribution in [2.75, 3.05) is 20.8 Å². The number of carbonyl (C=O) groups excluding carboxylic acids is 1. The van der Waals surface area contributed by atoms with E-state index >= 15 is 0 Å². The molecule has 0 saturated carbocycles. The summed E-state index contributed by atoms with van der Waals surface area (Å²) in [6, 6.07) is 17.3. The number of benzene rings is 3. The van der Waals surface area contributed by atoms with Crippen molar-refractivity contribution in [2.24, 2.45) is 4.99 Å². The lowest BCUT2D eigenvalue weighted by molar-refractivity contribution is -0.139. The minimum Gasteiger partial charge on any atom is -0.496 e. The number of thiazole rings is 1. The zero-order valence-corrected chi connectivity index (χ0v) is 27.6. The molecule has 1 aliphatic rings. The lowest BCUT2D eigenvalue weighted by Crippen LogP contribution is -2.40. The van der Waals surface area contributed by atoms with E-state index in [4.69, 9.17) is 47.1 Å². The first-order chi connectivity index (χ1) is 21.8. The van der Waals surface area contributed by atoms with Gasteiger partial charge in [0.15, 0.2) is 16.3 Å².